The van der Waals surface area contributed by atoms with Crippen molar-refractivity contribution in [2.24, 2.45) is 17.8 Å². The van der Waals surface area contributed by atoms with Gasteiger partial charge in [0.25, 0.3) is 0 Å². The van der Waals surface area contributed by atoms with E-state index in [2.05, 4.69) is 226 Å². The number of hydrogen-bond acceptors (Lipinski definition) is 12. The Kier molecular flexibility index (Phi) is 22.8. The molecule has 0 aromatic heterocycles. The average molecular weight is 1870 g/mol. The highest BCUT2D eigenvalue weighted by atomic mass is 127. The number of fused-ring (bicyclic) bond motifs is 3. The van der Waals surface area contributed by atoms with E-state index in [0.29, 0.717) is 42.0 Å². The molecule has 1 heterocycles. The molecule has 3 saturated carbocycles. The van der Waals surface area contributed by atoms with Crippen molar-refractivity contribution in [3.63, 3.8) is 0 Å². The molecule has 0 amide bonds. The summed E-state index contributed by atoms with van der Waals surface area (Å²) < 4.78 is 61.4. The predicted octanol–water partition coefficient (Wildman–Crippen LogP) is 19.4. The lowest BCUT2D eigenvalue weighted by molar-refractivity contribution is -0.167. The number of halogens is 6. The molecule has 0 unspecified atom stereocenters. The van der Waals surface area contributed by atoms with Crippen LogP contribution in [0.3, 0.4) is 0 Å². The maximum absolute atomic E-state index is 13.1. The average Bonchev–Trinajstić information content (AvgIpc) is 1.65. The molecule has 6 aromatic rings. The Morgan fingerprint density at radius 1 is 0.402 bits per heavy atom. The van der Waals surface area contributed by atoms with Gasteiger partial charge in [0.05, 0.1) is 21.4 Å². The fourth-order valence-corrected chi connectivity index (χ4v) is 21.4. The molecule has 0 N–H and O–H groups in total. The molecule has 0 saturated heterocycles. The van der Waals surface area contributed by atoms with Crippen molar-refractivity contribution >= 4 is 164 Å². The van der Waals surface area contributed by atoms with Crippen LogP contribution in [0.15, 0.2) is 112 Å². The van der Waals surface area contributed by atoms with Gasteiger partial charge in [-0.05, 0) is 355 Å². The Labute approximate surface area is 596 Å². The van der Waals surface area contributed by atoms with E-state index in [1.807, 2.05) is 48.5 Å². The quantitative estimate of drug-likeness (QED) is 0.0267. The number of ether oxygens (including phenoxy) is 9. The van der Waals surface area contributed by atoms with E-state index >= 15 is 0 Å². The van der Waals surface area contributed by atoms with E-state index < -0.39 is 27.7 Å². The van der Waals surface area contributed by atoms with Crippen LogP contribution in [0, 0.1) is 39.2 Å². The summed E-state index contributed by atoms with van der Waals surface area (Å²) >= 11 is 13.5. The topological polar surface area (TPSA) is 134 Å². The van der Waals surface area contributed by atoms with Crippen LogP contribution < -0.4 is 28.4 Å². The first-order valence-corrected chi connectivity index (χ1v) is 37.6. The first-order chi connectivity index (χ1) is 41.6. The third kappa shape index (κ3) is 15.8. The van der Waals surface area contributed by atoms with Gasteiger partial charge in [0.15, 0.2) is 19.8 Å². The van der Waals surface area contributed by atoms with Crippen LogP contribution in [-0.4, -0.2) is 54.5 Å². The van der Waals surface area contributed by atoms with Gasteiger partial charge >= 0.3 is 17.9 Å². The zero-order valence-corrected chi connectivity index (χ0v) is 63.4. The largest absolute Gasteiger partial charge is 0.489 e. The molecule has 10 rings (SSSR count). The number of carbonyl (C=O) groups is 3. The second-order valence-corrected chi connectivity index (χ2v) is 33.1. The van der Waals surface area contributed by atoms with Gasteiger partial charge < -0.3 is 42.6 Å². The summed E-state index contributed by atoms with van der Waals surface area (Å²) in [5.41, 5.74) is 2.87. The minimum Gasteiger partial charge on any atom is -0.489 e. The Morgan fingerprint density at radius 3 is 1.03 bits per heavy atom. The summed E-state index contributed by atoms with van der Waals surface area (Å²) in [7, 11) is -0.995. The van der Waals surface area contributed by atoms with Crippen LogP contribution in [0.25, 0.3) is 11.1 Å². The van der Waals surface area contributed by atoms with Gasteiger partial charge in [-0.3, -0.25) is 0 Å². The van der Waals surface area contributed by atoms with Crippen molar-refractivity contribution < 1.29 is 57.0 Å². The van der Waals surface area contributed by atoms with E-state index in [9.17, 15) is 14.4 Å². The van der Waals surface area contributed by atoms with Crippen molar-refractivity contribution in [1.29, 1.82) is 0 Å². The highest BCUT2D eigenvalue weighted by Crippen LogP contribution is 2.64. The summed E-state index contributed by atoms with van der Waals surface area (Å²) in [5, 5.41) is 0. The van der Waals surface area contributed by atoms with Crippen LogP contribution >= 0.6 is 146 Å². The molecule has 1 aliphatic heterocycles. The Morgan fingerprint density at radius 2 is 0.713 bits per heavy atom. The molecule has 4 aliphatic rings. The summed E-state index contributed by atoms with van der Waals surface area (Å²) in [5.74, 6) is 4.48. The summed E-state index contributed by atoms with van der Waals surface area (Å²) in [4.78, 5) is 42.8. The lowest BCUT2D eigenvalue weighted by atomic mass is 9.88. The molecule has 464 valence electrons. The number of carbonyl (C=O) groups excluding carboxylic acids is 3. The van der Waals surface area contributed by atoms with Crippen molar-refractivity contribution in [3.8, 4) is 51.4 Å². The van der Waals surface area contributed by atoms with Gasteiger partial charge in [0.2, 0.25) is 0 Å². The highest BCUT2D eigenvalue weighted by Gasteiger charge is 2.43. The normalized spacial score (nSPS) is 16.6. The molecule has 3 fully saturated rings. The standard InChI is InChI=1S/C68H72I6O12S/c1-40(2)66(21-7-8-22-66)84-60(75)37-80-63-52(69)27-43(28-53(63)70)35-78-46-15-19-58-50(31-46)51-32-47(79-36-44-29-54(71)64(55(72)30-44)81-38-61(76)85-67(41(3)4)23-9-10-24-67)16-20-59(51)87(58)49-17-13-45(14-18-49)83-48-33-56(73)65(57(74)34-48)82-39-62(77)86-68(42(5)6)25-11-12-26-68/h13-20,27-34,40-42,87H,7-12,21-26,35-39H2,1-6H3. The van der Waals surface area contributed by atoms with Gasteiger partial charge in [0, 0.05) is 9.79 Å². The molecule has 87 heavy (non-hydrogen) atoms. The maximum atomic E-state index is 13.1. The van der Waals surface area contributed by atoms with Crippen molar-refractivity contribution in [1.82, 2.24) is 0 Å². The minimum atomic E-state index is -0.995. The second-order valence-electron chi connectivity index (χ2n) is 23.9. The SMILES string of the molecule is CC(C)C1(OC(=O)COc2c(I)cc(COc3ccc4c(c3)-c3cc(OCc5cc(I)c(OCC(=O)OC6(C(C)C)CCCC6)c(I)c5)ccc3[SH]4c3ccc(Oc4cc(I)c(OCC(=O)OC5(C(C)C)CCCC5)c(I)c4)cc3)cc2I)CCCC1. The molecule has 0 spiro atoms. The third-order valence-electron chi connectivity index (χ3n) is 17.4. The fourth-order valence-electron chi connectivity index (χ4n) is 12.4. The van der Waals surface area contributed by atoms with Gasteiger partial charge in [-0.2, -0.15) is 10.9 Å². The Balaban J connectivity index is 0.843. The van der Waals surface area contributed by atoms with E-state index in [0.717, 1.165) is 137 Å². The van der Waals surface area contributed by atoms with Gasteiger partial charge in [-0.15, -0.1) is 0 Å². The molecular weight excluding hydrogens is 1800 g/mol. The molecule has 12 nitrogen and oxygen atoms in total. The summed E-state index contributed by atoms with van der Waals surface area (Å²) in [6.07, 6.45) is 11.8. The van der Waals surface area contributed by atoms with Crippen molar-refractivity contribution in [3.05, 3.63) is 130 Å². The van der Waals surface area contributed by atoms with E-state index in [1.165, 1.54) is 9.79 Å². The van der Waals surface area contributed by atoms with Crippen molar-refractivity contribution in [2.75, 3.05) is 19.8 Å². The first kappa shape index (κ1) is 67.2. The van der Waals surface area contributed by atoms with Crippen LogP contribution in [-0.2, 0) is 41.8 Å². The van der Waals surface area contributed by atoms with Crippen LogP contribution in [0.4, 0.5) is 0 Å². The predicted molar refractivity (Wildman–Crippen MR) is 389 cm³/mol. The molecule has 0 bridgehead atoms. The van der Waals surface area contributed by atoms with E-state index in [1.54, 1.807) is 0 Å². The van der Waals surface area contributed by atoms with Gasteiger partial charge in [0.1, 0.15) is 70.3 Å². The number of benzene rings is 6. The number of hydrogen-bond donors (Lipinski definition) is 1. The number of thiol groups is 1. The van der Waals surface area contributed by atoms with Crippen LogP contribution in [0.1, 0.15) is 130 Å². The zero-order valence-electron chi connectivity index (χ0n) is 49.6. The monoisotopic (exact) mass is 1870 g/mol. The Bertz CT molecular complexity index is 3270. The third-order valence-corrected chi connectivity index (χ3v) is 24.8. The second kappa shape index (κ2) is 29.5. The number of rotatable bonds is 24. The fraction of sp³-hybridized carbons (Fsp3) is 0.426. The minimum absolute atomic E-state index is 0.146. The van der Waals surface area contributed by atoms with E-state index in [-0.39, 0.29) is 55.5 Å². The zero-order chi connectivity index (χ0) is 61.8. The highest BCUT2D eigenvalue weighted by molar-refractivity contribution is 14.1. The van der Waals surface area contributed by atoms with Crippen LogP contribution in [0.2, 0.25) is 0 Å². The van der Waals surface area contributed by atoms with Gasteiger partial charge in [-0.1, -0.05) is 41.5 Å². The molecule has 3 aliphatic carbocycles. The van der Waals surface area contributed by atoms with Crippen LogP contribution in [0.5, 0.6) is 40.2 Å². The summed E-state index contributed by atoms with van der Waals surface area (Å²) in [6.45, 7) is 12.9. The molecular formula is C68H72I6O12S. The first-order valence-electron chi connectivity index (χ1n) is 29.7. The van der Waals surface area contributed by atoms with E-state index in [4.69, 9.17) is 42.6 Å². The van der Waals surface area contributed by atoms with Crippen molar-refractivity contribution in [2.45, 2.75) is 163 Å². The summed E-state index contributed by atoms with van der Waals surface area (Å²) in [6, 6.07) is 33.1. The number of esters is 3. The molecule has 0 radical (unpaired) electrons. The smallest absolute Gasteiger partial charge is 0.344 e. The lowest BCUT2D eigenvalue weighted by Gasteiger charge is -2.33. The Hall–Kier alpha value is -2.74. The molecule has 0 atom stereocenters. The molecule has 6 aromatic carbocycles. The maximum Gasteiger partial charge on any atom is 0.344 e. The molecule has 19 heteroatoms. The lowest BCUT2D eigenvalue weighted by Crippen LogP contribution is -2.39. The van der Waals surface area contributed by atoms with Gasteiger partial charge in [-0.25, -0.2) is 14.4 Å².